The lowest BCUT2D eigenvalue weighted by Gasteiger charge is -2.16. The van der Waals surface area contributed by atoms with Crippen molar-refractivity contribution in [2.24, 2.45) is 0 Å². The topological polar surface area (TPSA) is 82.1 Å². The van der Waals surface area contributed by atoms with E-state index in [0.29, 0.717) is 24.5 Å². The highest BCUT2D eigenvalue weighted by atomic mass is 79.9. The van der Waals surface area contributed by atoms with Gasteiger partial charge in [0.15, 0.2) is 0 Å². The van der Waals surface area contributed by atoms with Crippen LogP contribution in [0.3, 0.4) is 0 Å². The number of halogens is 4. The minimum atomic E-state index is -0.828. The van der Waals surface area contributed by atoms with Gasteiger partial charge in [0.25, 0.3) is 0 Å². The Morgan fingerprint density at radius 3 is 1.85 bits per heavy atom. The predicted molar refractivity (Wildman–Crippen MR) is 111 cm³/mol. The second-order valence-corrected chi connectivity index (χ2v) is 8.37. The molecule has 0 saturated heterocycles. The van der Waals surface area contributed by atoms with Crippen molar-refractivity contribution in [3.05, 3.63) is 29.0 Å². The van der Waals surface area contributed by atoms with E-state index in [4.69, 9.17) is 14.2 Å². The highest BCUT2D eigenvalue weighted by Crippen LogP contribution is 2.42. The van der Waals surface area contributed by atoms with Crippen molar-refractivity contribution in [1.29, 1.82) is 0 Å². The third-order valence-electron chi connectivity index (χ3n) is 2.94. The second-order valence-electron chi connectivity index (χ2n) is 5.20. The standard InChI is InChI=1S/C16H18Br4O6/c1-3-4-24-5-6-25-15(22)9-10(16(23)26-7-8(2)21)12(18)14(20)13(19)11(9)17/h8,21H,3-7H2,1-2H3. The lowest BCUT2D eigenvalue weighted by atomic mass is 10.1. The van der Waals surface area contributed by atoms with Crippen molar-refractivity contribution in [3.63, 3.8) is 0 Å². The number of hydrogen-bond acceptors (Lipinski definition) is 6. The number of hydrogen-bond donors (Lipinski definition) is 1. The van der Waals surface area contributed by atoms with E-state index in [0.717, 1.165) is 6.42 Å². The molecule has 26 heavy (non-hydrogen) atoms. The molecule has 146 valence electrons. The van der Waals surface area contributed by atoms with Crippen LogP contribution in [-0.4, -0.2) is 49.6 Å². The predicted octanol–water partition coefficient (Wildman–Crippen LogP) is 4.86. The summed E-state index contributed by atoms with van der Waals surface area (Å²) in [6.07, 6.45) is 0.0388. The van der Waals surface area contributed by atoms with Crippen LogP contribution in [0.25, 0.3) is 0 Å². The summed E-state index contributed by atoms with van der Waals surface area (Å²) >= 11 is 13.3. The maximum absolute atomic E-state index is 12.6. The van der Waals surface area contributed by atoms with Crippen LogP contribution in [0.5, 0.6) is 0 Å². The third-order valence-corrected chi connectivity index (χ3v) is 7.71. The molecular formula is C16H18Br4O6. The molecule has 0 amide bonds. The summed E-state index contributed by atoms with van der Waals surface area (Å²) in [5.41, 5.74) is 0.00473. The van der Waals surface area contributed by atoms with Crippen LogP contribution in [0, 0.1) is 0 Å². The second kappa shape index (κ2) is 11.8. The zero-order chi connectivity index (χ0) is 19.9. The average molecular weight is 626 g/mol. The van der Waals surface area contributed by atoms with Crippen LogP contribution in [0.2, 0.25) is 0 Å². The molecule has 1 unspecified atom stereocenters. The minimum Gasteiger partial charge on any atom is -0.460 e. The van der Waals surface area contributed by atoms with Crippen molar-refractivity contribution in [2.75, 3.05) is 26.4 Å². The molecule has 1 aromatic rings. The number of benzene rings is 1. The number of carbonyl (C=O) groups excluding carboxylic acids is 2. The van der Waals surface area contributed by atoms with Gasteiger partial charge in [-0.2, -0.15) is 0 Å². The van der Waals surface area contributed by atoms with Crippen LogP contribution >= 0.6 is 63.7 Å². The Balaban J connectivity index is 3.15. The van der Waals surface area contributed by atoms with Gasteiger partial charge in [0.2, 0.25) is 0 Å². The lowest BCUT2D eigenvalue weighted by molar-refractivity contribution is 0.0266. The third kappa shape index (κ3) is 6.56. The van der Waals surface area contributed by atoms with Gasteiger partial charge in [0.05, 0.1) is 23.8 Å². The Kier molecular flexibility index (Phi) is 10.9. The molecule has 0 aliphatic heterocycles. The highest BCUT2D eigenvalue weighted by Gasteiger charge is 2.30. The van der Waals surface area contributed by atoms with Gasteiger partial charge in [-0.25, -0.2) is 9.59 Å². The molecule has 0 heterocycles. The van der Waals surface area contributed by atoms with Crippen molar-refractivity contribution in [2.45, 2.75) is 26.4 Å². The fourth-order valence-corrected chi connectivity index (χ4v) is 4.24. The van der Waals surface area contributed by atoms with Crippen LogP contribution in [-0.2, 0) is 14.2 Å². The smallest absolute Gasteiger partial charge is 0.340 e. The SMILES string of the molecule is CCCOCCOC(=O)c1c(Br)c(Br)c(Br)c(Br)c1C(=O)OCC(C)O. The minimum absolute atomic E-state index is 0.00734. The maximum Gasteiger partial charge on any atom is 0.340 e. The normalized spacial score (nSPS) is 12.0. The summed E-state index contributed by atoms with van der Waals surface area (Å²) in [6, 6.07) is 0. The maximum atomic E-state index is 12.6. The van der Waals surface area contributed by atoms with E-state index >= 15 is 0 Å². The van der Waals surface area contributed by atoms with Crippen molar-refractivity contribution in [3.8, 4) is 0 Å². The van der Waals surface area contributed by atoms with Gasteiger partial charge in [0, 0.05) is 24.5 Å². The van der Waals surface area contributed by atoms with Gasteiger partial charge >= 0.3 is 11.9 Å². The van der Waals surface area contributed by atoms with Crippen molar-refractivity contribution >= 4 is 75.7 Å². The molecule has 1 N–H and O–H groups in total. The van der Waals surface area contributed by atoms with Crippen molar-refractivity contribution in [1.82, 2.24) is 0 Å². The Morgan fingerprint density at radius 1 is 0.885 bits per heavy atom. The molecule has 0 aliphatic rings. The molecule has 6 nitrogen and oxygen atoms in total. The Hall–Kier alpha value is -0.000000000000000187. The van der Waals surface area contributed by atoms with E-state index < -0.39 is 18.0 Å². The molecule has 0 saturated carbocycles. The number of carbonyl (C=O) groups is 2. The molecule has 1 rings (SSSR count). The first kappa shape index (κ1) is 24.0. The zero-order valence-corrected chi connectivity index (χ0v) is 20.5. The number of esters is 2. The number of rotatable bonds is 9. The quantitative estimate of drug-likeness (QED) is 0.183. The van der Waals surface area contributed by atoms with Gasteiger partial charge < -0.3 is 19.3 Å². The van der Waals surface area contributed by atoms with E-state index in [1.807, 2.05) is 6.92 Å². The van der Waals surface area contributed by atoms with Crippen molar-refractivity contribution < 1.29 is 28.9 Å². The van der Waals surface area contributed by atoms with E-state index in [-0.39, 0.29) is 30.9 Å². The summed E-state index contributed by atoms with van der Waals surface area (Å²) in [4.78, 5) is 25.0. The molecule has 1 aromatic carbocycles. The molecular weight excluding hydrogens is 608 g/mol. The Labute approximate surface area is 185 Å². The average Bonchev–Trinajstić information content (AvgIpc) is 2.60. The molecule has 0 aromatic heterocycles. The van der Waals surface area contributed by atoms with Crippen LogP contribution in [0.1, 0.15) is 41.0 Å². The Bertz CT molecular complexity index is 663. The summed E-state index contributed by atoms with van der Waals surface area (Å²) in [5.74, 6) is -1.46. The molecule has 10 heteroatoms. The van der Waals surface area contributed by atoms with Gasteiger partial charge in [-0.3, -0.25) is 0 Å². The first-order valence-corrected chi connectivity index (χ1v) is 10.9. The molecule has 0 radical (unpaired) electrons. The lowest BCUT2D eigenvalue weighted by Crippen LogP contribution is -2.20. The highest BCUT2D eigenvalue weighted by molar-refractivity contribution is 9.15. The monoisotopic (exact) mass is 622 g/mol. The number of aliphatic hydroxyl groups is 1. The van der Waals surface area contributed by atoms with E-state index in [9.17, 15) is 14.7 Å². The van der Waals surface area contributed by atoms with Crippen LogP contribution in [0.4, 0.5) is 0 Å². The van der Waals surface area contributed by atoms with Gasteiger partial charge in [-0.15, -0.1) is 0 Å². The van der Waals surface area contributed by atoms with Gasteiger partial charge in [-0.1, -0.05) is 6.92 Å². The summed E-state index contributed by atoms with van der Waals surface area (Å²) < 4.78 is 17.3. The first-order chi connectivity index (χ1) is 12.2. The largest absolute Gasteiger partial charge is 0.460 e. The van der Waals surface area contributed by atoms with E-state index in [1.165, 1.54) is 6.92 Å². The zero-order valence-electron chi connectivity index (χ0n) is 14.1. The fourth-order valence-electron chi connectivity index (χ4n) is 1.80. The van der Waals surface area contributed by atoms with E-state index in [1.54, 1.807) is 0 Å². The Morgan fingerprint density at radius 2 is 1.38 bits per heavy atom. The molecule has 0 bridgehead atoms. The molecule has 0 spiro atoms. The van der Waals surface area contributed by atoms with Crippen LogP contribution < -0.4 is 0 Å². The van der Waals surface area contributed by atoms with E-state index in [2.05, 4.69) is 63.7 Å². The molecule has 1 atom stereocenters. The summed E-state index contributed by atoms with van der Waals surface area (Å²) in [7, 11) is 0. The van der Waals surface area contributed by atoms with Crippen LogP contribution in [0.15, 0.2) is 17.9 Å². The number of ether oxygens (including phenoxy) is 3. The summed E-state index contributed by atoms with van der Waals surface area (Å²) in [5, 5.41) is 9.32. The van der Waals surface area contributed by atoms with Gasteiger partial charge in [0.1, 0.15) is 13.2 Å². The van der Waals surface area contributed by atoms with Gasteiger partial charge in [-0.05, 0) is 77.1 Å². The molecule has 0 fully saturated rings. The molecule has 0 aliphatic carbocycles. The fraction of sp³-hybridized carbons (Fsp3) is 0.500. The first-order valence-electron chi connectivity index (χ1n) is 7.68. The summed E-state index contributed by atoms with van der Waals surface area (Å²) in [6.45, 7) is 4.16. The number of aliphatic hydroxyl groups excluding tert-OH is 1.